The van der Waals surface area contributed by atoms with E-state index in [1.54, 1.807) is 12.1 Å². The Kier molecular flexibility index (Phi) is 5.27. The van der Waals surface area contributed by atoms with E-state index < -0.39 is 16.9 Å². The van der Waals surface area contributed by atoms with Crippen LogP contribution in [0.2, 0.25) is 0 Å². The molecule has 0 radical (unpaired) electrons. The normalized spacial score (nSPS) is 11.6. The second kappa shape index (κ2) is 7.37. The number of benzene rings is 2. The fraction of sp³-hybridized carbons (Fsp3) is 0.188. The number of carbonyl (C=O) groups is 1. The van der Waals surface area contributed by atoms with Gasteiger partial charge in [-0.2, -0.15) is 0 Å². The van der Waals surface area contributed by atoms with Crippen LogP contribution in [0, 0.1) is 10.1 Å². The van der Waals surface area contributed by atoms with E-state index in [1.807, 2.05) is 18.2 Å². The molecule has 2 rings (SSSR count). The highest BCUT2D eigenvalue weighted by Crippen LogP contribution is 2.28. The average molecular weight is 315 g/mol. The summed E-state index contributed by atoms with van der Waals surface area (Å²) in [5, 5.41) is 25.9. The van der Waals surface area contributed by atoms with Gasteiger partial charge in [-0.15, -0.1) is 0 Å². The van der Waals surface area contributed by atoms with Crippen molar-refractivity contribution in [2.24, 2.45) is 0 Å². The molecule has 2 aromatic carbocycles. The first-order valence-corrected chi connectivity index (χ1v) is 7.04. The zero-order chi connectivity index (χ0) is 16.8. The highest BCUT2D eigenvalue weighted by atomic mass is 16.6. The summed E-state index contributed by atoms with van der Waals surface area (Å²) in [5.74, 6) is -0.472. The van der Waals surface area contributed by atoms with Crippen molar-refractivity contribution < 1.29 is 14.8 Å². The van der Waals surface area contributed by atoms with Crippen molar-refractivity contribution in [1.29, 1.82) is 0 Å². The van der Waals surface area contributed by atoms with Gasteiger partial charge in [-0.3, -0.25) is 14.9 Å². The van der Waals surface area contributed by atoms with Crippen LogP contribution in [-0.4, -0.2) is 28.6 Å². The highest BCUT2D eigenvalue weighted by molar-refractivity contribution is 5.96. The Morgan fingerprint density at radius 2 is 1.96 bits per heavy atom. The summed E-state index contributed by atoms with van der Waals surface area (Å²) >= 11 is 0. The van der Waals surface area contributed by atoms with Gasteiger partial charge in [0.15, 0.2) is 0 Å². The molecule has 0 aromatic heterocycles. The first-order valence-electron chi connectivity index (χ1n) is 7.04. The zero-order valence-electron chi connectivity index (χ0n) is 12.5. The molecule has 0 bridgehead atoms. The fourth-order valence-electron chi connectivity index (χ4n) is 1.95. The number of nitrogens with zero attached hydrogens (tertiary/aromatic N) is 1. The van der Waals surface area contributed by atoms with Gasteiger partial charge in [0.2, 0.25) is 0 Å². The summed E-state index contributed by atoms with van der Waals surface area (Å²) in [6.07, 6.45) is -0.687. The molecule has 23 heavy (non-hydrogen) atoms. The molecule has 120 valence electrons. The Labute approximate surface area is 133 Å². The van der Waals surface area contributed by atoms with Crippen LogP contribution >= 0.6 is 0 Å². The van der Waals surface area contributed by atoms with Crippen LogP contribution < -0.4 is 10.6 Å². The van der Waals surface area contributed by atoms with Crippen molar-refractivity contribution in [3.63, 3.8) is 0 Å². The summed E-state index contributed by atoms with van der Waals surface area (Å²) in [4.78, 5) is 22.6. The molecular formula is C16H17N3O4. The van der Waals surface area contributed by atoms with Gasteiger partial charge in [0.05, 0.1) is 11.0 Å². The monoisotopic (exact) mass is 315 g/mol. The quantitative estimate of drug-likeness (QED) is 0.561. The van der Waals surface area contributed by atoms with E-state index in [-0.39, 0.29) is 17.8 Å². The number of nitro benzene ring substituents is 1. The number of aliphatic hydroxyl groups excluding tert-OH is 1. The van der Waals surface area contributed by atoms with Crippen LogP contribution in [0.25, 0.3) is 0 Å². The Balaban J connectivity index is 2.24. The van der Waals surface area contributed by atoms with E-state index in [0.717, 1.165) is 0 Å². The lowest BCUT2D eigenvalue weighted by Gasteiger charge is -2.10. The van der Waals surface area contributed by atoms with Crippen molar-refractivity contribution in [2.45, 2.75) is 13.0 Å². The minimum Gasteiger partial charge on any atom is -0.392 e. The molecule has 0 fully saturated rings. The lowest BCUT2D eigenvalue weighted by molar-refractivity contribution is -0.383. The third kappa shape index (κ3) is 4.52. The number of aliphatic hydroxyl groups is 1. The Bertz CT molecular complexity index is 702. The first-order chi connectivity index (χ1) is 11.0. The van der Waals surface area contributed by atoms with E-state index in [1.165, 1.54) is 25.1 Å². The number of nitro groups is 1. The van der Waals surface area contributed by atoms with Gasteiger partial charge in [-0.25, -0.2) is 0 Å². The van der Waals surface area contributed by atoms with Gasteiger partial charge in [0.25, 0.3) is 11.6 Å². The van der Waals surface area contributed by atoms with Crippen LogP contribution in [0.5, 0.6) is 0 Å². The third-order valence-electron chi connectivity index (χ3n) is 3.07. The first kappa shape index (κ1) is 16.4. The SMILES string of the molecule is CC(O)CNC(=O)c1ccc(Nc2ccccc2)c([N+](=O)[O-])c1. The fourth-order valence-corrected chi connectivity index (χ4v) is 1.95. The second-order valence-corrected chi connectivity index (χ2v) is 5.04. The summed E-state index contributed by atoms with van der Waals surface area (Å²) in [6, 6.07) is 13.2. The predicted molar refractivity (Wildman–Crippen MR) is 86.8 cm³/mol. The number of amides is 1. The maximum Gasteiger partial charge on any atom is 0.293 e. The molecule has 2 aromatic rings. The lowest BCUT2D eigenvalue weighted by Crippen LogP contribution is -2.30. The largest absolute Gasteiger partial charge is 0.392 e. The number of rotatable bonds is 6. The van der Waals surface area contributed by atoms with E-state index in [2.05, 4.69) is 10.6 Å². The van der Waals surface area contributed by atoms with Crippen LogP contribution in [0.4, 0.5) is 17.1 Å². The highest BCUT2D eigenvalue weighted by Gasteiger charge is 2.18. The Morgan fingerprint density at radius 1 is 1.26 bits per heavy atom. The Hall–Kier alpha value is -2.93. The maximum absolute atomic E-state index is 11.9. The number of hydrogen-bond acceptors (Lipinski definition) is 5. The molecule has 0 aliphatic heterocycles. The van der Waals surface area contributed by atoms with Crippen molar-refractivity contribution in [1.82, 2.24) is 5.32 Å². The van der Waals surface area contributed by atoms with Gasteiger partial charge >= 0.3 is 0 Å². The van der Waals surface area contributed by atoms with E-state index in [4.69, 9.17) is 5.11 Å². The topological polar surface area (TPSA) is 104 Å². The molecule has 0 spiro atoms. The van der Waals surface area contributed by atoms with Gasteiger partial charge in [-0.05, 0) is 31.2 Å². The number of nitrogens with one attached hydrogen (secondary N) is 2. The van der Waals surface area contributed by atoms with Crippen LogP contribution in [-0.2, 0) is 0 Å². The molecule has 0 saturated carbocycles. The molecule has 1 atom stereocenters. The molecule has 7 nitrogen and oxygen atoms in total. The molecular weight excluding hydrogens is 298 g/mol. The third-order valence-corrected chi connectivity index (χ3v) is 3.07. The summed E-state index contributed by atoms with van der Waals surface area (Å²) in [6.45, 7) is 1.62. The minimum absolute atomic E-state index is 0.0800. The summed E-state index contributed by atoms with van der Waals surface area (Å²) < 4.78 is 0. The van der Waals surface area contributed by atoms with Crippen LogP contribution in [0.1, 0.15) is 17.3 Å². The van der Waals surface area contributed by atoms with Crippen molar-refractivity contribution in [3.05, 3.63) is 64.2 Å². The number of hydrogen-bond donors (Lipinski definition) is 3. The van der Waals surface area contributed by atoms with Gasteiger partial charge in [-0.1, -0.05) is 18.2 Å². The Morgan fingerprint density at radius 3 is 2.57 bits per heavy atom. The average Bonchev–Trinajstić information content (AvgIpc) is 2.53. The van der Waals surface area contributed by atoms with E-state index >= 15 is 0 Å². The van der Waals surface area contributed by atoms with Crippen LogP contribution in [0.3, 0.4) is 0 Å². The molecule has 0 saturated heterocycles. The van der Waals surface area contributed by atoms with Crippen molar-refractivity contribution in [2.75, 3.05) is 11.9 Å². The van der Waals surface area contributed by atoms with Gasteiger partial charge in [0, 0.05) is 23.9 Å². The molecule has 1 unspecified atom stereocenters. The number of carbonyl (C=O) groups excluding carboxylic acids is 1. The minimum atomic E-state index is -0.687. The van der Waals surface area contributed by atoms with Gasteiger partial charge in [0.1, 0.15) is 5.69 Å². The molecule has 0 aliphatic carbocycles. The second-order valence-electron chi connectivity index (χ2n) is 5.04. The molecule has 0 heterocycles. The van der Waals surface area contributed by atoms with Crippen LogP contribution in [0.15, 0.2) is 48.5 Å². The summed E-state index contributed by atoms with van der Waals surface area (Å²) in [5.41, 5.74) is 0.977. The van der Waals surface area contributed by atoms with Crippen molar-refractivity contribution >= 4 is 23.0 Å². The van der Waals surface area contributed by atoms with Crippen molar-refractivity contribution in [3.8, 4) is 0 Å². The lowest BCUT2D eigenvalue weighted by atomic mass is 10.1. The smallest absolute Gasteiger partial charge is 0.293 e. The summed E-state index contributed by atoms with van der Waals surface area (Å²) in [7, 11) is 0. The van der Waals surface area contributed by atoms with E-state index in [9.17, 15) is 14.9 Å². The number of para-hydroxylation sites is 1. The molecule has 3 N–H and O–H groups in total. The molecule has 1 amide bonds. The molecule has 0 aliphatic rings. The van der Waals surface area contributed by atoms with E-state index in [0.29, 0.717) is 11.4 Å². The maximum atomic E-state index is 11.9. The number of anilines is 2. The molecule has 7 heteroatoms. The predicted octanol–water partition coefficient (Wildman–Crippen LogP) is 2.45. The standard InChI is InChI=1S/C16H17N3O4/c1-11(20)10-17-16(21)12-7-8-14(15(9-12)19(22)23)18-13-5-3-2-4-6-13/h2-9,11,18,20H,10H2,1H3,(H,17,21). The zero-order valence-corrected chi connectivity index (χ0v) is 12.5. The van der Waals surface area contributed by atoms with Gasteiger partial charge < -0.3 is 15.7 Å².